The van der Waals surface area contributed by atoms with Gasteiger partial charge in [-0.2, -0.15) is 18.2 Å². The molecule has 2 N–H and O–H groups in total. The van der Waals surface area contributed by atoms with Gasteiger partial charge in [0.05, 0.1) is 18.2 Å². The van der Waals surface area contributed by atoms with Crippen LogP contribution >= 0.6 is 0 Å². The first-order valence-electron chi connectivity index (χ1n) is 10.2. The van der Waals surface area contributed by atoms with Crippen molar-refractivity contribution in [3.8, 4) is 23.0 Å². The van der Waals surface area contributed by atoms with Gasteiger partial charge in [0.1, 0.15) is 11.4 Å². The smallest absolute Gasteiger partial charge is 0.417 e. The molecule has 0 aliphatic heterocycles. The number of carbonyl (C=O) groups is 1. The molecule has 2 heterocycles. The van der Waals surface area contributed by atoms with Crippen molar-refractivity contribution in [2.75, 3.05) is 6.61 Å². The molecule has 0 saturated heterocycles. The first-order valence-corrected chi connectivity index (χ1v) is 10.2. The Balaban J connectivity index is 1.66. The van der Waals surface area contributed by atoms with Crippen molar-refractivity contribution in [2.24, 2.45) is 0 Å². The fraction of sp³-hybridized carbons (Fsp3) is 0.364. The van der Waals surface area contributed by atoms with Crippen LogP contribution in [0.4, 0.5) is 18.0 Å². The lowest BCUT2D eigenvalue weighted by molar-refractivity contribution is -0.137. The molecule has 0 saturated carbocycles. The number of alkyl halides is 3. The van der Waals surface area contributed by atoms with E-state index in [4.69, 9.17) is 14.0 Å². The number of hydrogen-bond donors (Lipinski definition) is 2. The Kier molecular flexibility index (Phi) is 7.40. The number of ether oxygens (including phenoxy) is 2. The van der Waals surface area contributed by atoms with E-state index in [1.807, 2.05) is 0 Å². The van der Waals surface area contributed by atoms with Gasteiger partial charge >= 0.3 is 12.3 Å². The molecule has 1 aromatic carbocycles. The van der Waals surface area contributed by atoms with Crippen LogP contribution in [-0.2, 0) is 17.3 Å². The highest BCUT2D eigenvalue weighted by molar-refractivity contribution is 5.68. The summed E-state index contributed by atoms with van der Waals surface area (Å²) in [6.07, 6.45) is -4.42. The molecule has 12 heteroatoms. The minimum atomic E-state index is -4.49. The summed E-state index contributed by atoms with van der Waals surface area (Å²) < 4.78 is 53.9. The molecule has 0 aliphatic rings. The number of nitrogens with zero attached hydrogens (tertiary/aromatic N) is 3. The van der Waals surface area contributed by atoms with Crippen LogP contribution < -0.4 is 10.1 Å². The zero-order valence-electron chi connectivity index (χ0n) is 18.6. The number of pyridine rings is 1. The lowest BCUT2D eigenvalue weighted by Gasteiger charge is -2.22. The number of amides is 1. The van der Waals surface area contributed by atoms with Crippen molar-refractivity contribution < 1.29 is 37.1 Å². The molecule has 34 heavy (non-hydrogen) atoms. The van der Waals surface area contributed by atoms with Crippen molar-refractivity contribution in [3.63, 3.8) is 0 Å². The molecule has 0 unspecified atom stereocenters. The van der Waals surface area contributed by atoms with E-state index >= 15 is 0 Å². The van der Waals surface area contributed by atoms with Gasteiger partial charge in [0.25, 0.3) is 0 Å². The van der Waals surface area contributed by atoms with Gasteiger partial charge in [-0.05, 0) is 39.0 Å². The second kappa shape index (κ2) is 10.1. The van der Waals surface area contributed by atoms with Gasteiger partial charge in [-0.15, -0.1) is 0 Å². The Bertz CT molecular complexity index is 1110. The molecule has 1 amide bonds. The molecular weight excluding hydrogens is 457 g/mol. The number of halogens is 3. The average molecular weight is 480 g/mol. The van der Waals surface area contributed by atoms with Crippen LogP contribution in [-0.4, -0.2) is 44.6 Å². The third-order valence-electron chi connectivity index (χ3n) is 4.21. The topological polar surface area (TPSA) is 120 Å². The summed E-state index contributed by atoms with van der Waals surface area (Å²) >= 11 is 0. The van der Waals surface area contributed by atoms with E-state index in [1.165, 1.54) is 0 Å². The molecule has 3 rings (SSSR count). The summed E-state index contributed by atoms with van der Waals surface area (Å²) in [7, 11) is 0. The zero-order chi connectivity index (χ0) is 24.9. The van der Waals surface area contributed by atoms with Crippen LogP contribution in [0.3, 0.4) is 0 Å². The average Bonchev–Trinajstić information content (AvgIpc) is 3.20. The lowest BCUT2D eigenvalue weighted by atomic mass is 10.2. The van der Waals surface area contributed by atoms with Crippen LogP contribution in [0.2, 0.25) is 0 Å². The number of aliphatic hydroxyl groups is 1. The van der Waals surface area contributed by atoms with E-state index in [9.17, 15) is 23.1 Å². The highest BCUT2D eigenvalue weighted by Crippen LogP contribution is 2.30. The molecule has 3 aromatic rings. The molecular formula is C22H23F3N4O5. The number of carbonyl (C=O) groups excluding carboxylic acids is 1. The van der Waals surface area contributed by atoms with E-state index in [2.05, 4.69) is 20.4 Å². The van der Waals surface area contributed by atoms with Crippen LogP contribution in [0, 0.1) is 0 Å². The van der Waals surface area contributed by atoms with Crippen molar-refractivity contribution >= 4 is 6.09 Å². The number of aliphatic hydroxyl groups excluding tert-OH is 1. The van der Waals surface area contributed by atoms with E-state index in [0.717, 1.165) is 12.1 Å². The first-order chi connectivity index (χ1) is 15.9. The van der Waals surface area contributed by atoms with Gasteiger partial charge in [0, 0.05) is 24.2 Å². The van der Waals surface area contributed by atoms with Crippen molar-refractivity contribution in [1.82, 2.24) is 20.4 Å². The lowest BCUT2D eigenvalue weighted by Crippen LogP contribution is -2.42. The maximum atomic E-state index is 12.7. The predicted octanol–water partition coefficient (Wildman–Crippen LogP) is 4.37. The van der Waals surface area contributed by atoms with E-state index < -0.39 is 29.5 Å². The van der Waals surface area contributed by atoms with Gasteiger partial charge in [-0.25, -0.2) is 9.78 Å². The second-order valence-corrected chi connectivity index (χ2v) is 8.25. The molecule has 9 nitrogen and oxygen atoms in total. The van der Waals surface area contributed by atoms with E-state index in [-0.39, 0.29) is 30.6 Å². The second-order valence-electron chi connectivity index (χ2n) is 8.25. The normalized spacial score (nSPS) is 12.8. The molecule has 0 aliphatic carbocycles. The molecule has 1 atom stereocenters. The Labute approximate surface area is 192 Å². The molecule has 182 valence electrons. The standard InChI is InChI=1S/C22H23F3N4O5/c1-21(2,3)33-20(31)27-15(12-30)10-18-28-19(29-34-18)13-5-4-6-16(9-13)32-17-8-7-14(11-26-17)22(23,24)25/h4-9,11,15,30H,10,12H2,1-3H3,(H,27,31)/t15-/m0/s1. The number of rotatable bonds is 7. The summed E-state index contributed by atoms with van der Waals surface area (Å²) in [5, 5.41) is 16.0. The Morgan fingerprint density at radius 1 is 1.21 bits per heavy atom. The van der Waals surface area contributed by atoms with Gasteiger partial charge in [-0.3, -0.25) is 0 Å². The fourth-order valence-corrected chi connectivity index (χ4v) is 2.73. The number of benzene rings is 1. The highest BCUT2D eigenvalue weighted by Gasteiger charge is 2.30. The van der Waals surface area contributed by atoms with Gasteiger partial charge in [-0.1, -0.05) is 17.3 Å². The van der Waals surface area contributed by atoms with Gasteiger partial charge < -0.3 is 24.4 Å². The van der Waals surface area contributed by atoms with Gasteiger partial charge in [0.2, 0.25) is 17.6 Å². The van der Waals surface area contributed by atoms with E-state index in [1.54, 1.807) is 45.0 Å². The number of nitrogens with one attached hydrogen (secondary N) is 1. The summed E-state index contributed by atoms with van der Waals surface area (Å²) in [6.45, 7) is 4.78. The summed E-state index contributed by atoms with van der Waals surface area (Å²) in [5.74, 6) is 0.671. The molecule has 0 spiro atoms. The summed E-state index contributed by atoms with van der Waals surface area (Å²) in [4.78, 5) is 19.8. The Hall–Kier alpha value is -3.67. The minimum absolute atomic E-state index is 0.0158. The van der Waals surface area contributed by atoms with Crippen molar-refractivity contribution in [2.45, 2.75) is 45.0 Å². The van der Waals surface area contributed by atoms with Crippen LogP contribution in [0.25, 0.3) is 11.4 Å². The quantitative estimate of drug-likeness (QED) is 0.512. The molecule has 0 radical (unpaired) electrons. The van der Waals surface area contributed by atoms with Crippen molar-refractivity contribution in [1.29, 1.82) is 0 Å². The first kappa shape index (κ1) is 25.0. The largest absolute Gasteiger partial charge is 0.444 e. The minimum Gasteiger partial charge on any atom is -0.444 e. The highest BCUT2D eigenvalue weighted by atomic mass is 19.4. The third-order valence-corrected chi connectivity index (χ3v) is 4.21. The predicted molar refractivity (Wildman–Crippen MR) is 113 cm³/mol. The van der Waals surface area contributed by atoms with Crippen LogP contribution in [0.1, 0.15) is 32.2 Å². The molecule has 0 bridgehead atoms. The van der Waals surface area contributed by atoms with Crippen molar-refractivity contribution in [3.05, 3.63) is 54.0 Å². The third kappa shape index (κ3) is 7.17. The Morgan fingerprint density at radius 3 is 2.59 bits per heavy atom. The fourth-order valence-electron chi connectivity index (χ4n) is 2.73. The number of alkyl carbamates (subject to hydrolysis) is 1. The summed E-state index contributed by atoms with van der Waals surface area (Å²) in [6, 6.07) is 7.78. The van der Waals surface area contributed by atoms with Crippen LogP contribution in [0.5, 0.6) is 11.6 Å². The van der Waals surface area contributed by atoms with E-state index in [0.29, 0.717) is 17.5 Å². The number of hydrogen-bond acceptors (Lipinski definition) is 8. The monoisotopic (exact) mass is 480 g/mol. The molecule has 0 fully saturated rings. The molecule has 2 aromatic heterocycles. The Morgan fingerprint density at radius 2 is 1.97 bits per heavy atom. The van der Waals surface area contributed by atoms with Crippen LogP contribution in [0.15, 0.2) is 47.1 Å². The zero-order valence-corrected chi connectivity index (χ0v) is 18.6. The number of aromatic nitrogens is 3. The SMILES string of the molecule is CC(C)(C)OC(=O)N[C@H](CO)Cc1nc(-c2cccc(Oc3ccc(C(F)(F)F)cn3)c2)no1. The summed E-state index contributed by atoms with van der Waals surface area (Å²) in [5.41, 5.74) is -1.06. The maximum absolute atomic E-state index is 12.7. The van der Waals surface area contributed by atoms with Gasteiger partial charge in [0.15, 0.2) is 0 Å². The maximum Gasteiger partial charge on any atom is 0.417 e.